The van der Waals surface area contributed by atoms with Crippen LogP contribution in [0, 0.1) is 0 Å². The van der Waals surface area contributed by atoms with E-state index in [1.54, 1.807) is 0 Å². The lowest BCUT2D eigenvalue weighted by molar-refractivity contribution is -0.149. The number of alkyl halides is 3. The van der Waals surface area contributed by atoms with Crippen molar-refractivity contribution in [3.63, 3.8) is 0 Å². The van der Waals surface area contributed by atoms with E-state index in [0.29, 0.717) is 4.47 Å². The highest BCUT2D eigenvalue weighted by molar-refractivity contribution is 9.10. The Morgan fingerprint density at radius 2 is 1.90 bits per heavy atom. The highest BCUT2D eigenvalue weighted by atomic mass is 79.9. The minimum atomic E-state index is -4.81. The Labute approximate surface area is 125 Å². The van der Waals surface area contributed by atoms with Gasteiger partial charge in [-0.2, -0.15) is 13.2 Å². The first kappa shape index (κ1) is 15.6. The number of carboxylic acids is 1. The summed E-state index contributed by atoms with van der Waals surface area (Å²) in [6.07, 6.45) is -4.81. The Kier molecular flexibility index (Phi) is 3.85. The van der Waals surface area contributed by atoms with Crippen molar-refractivity contribution in [2.45, 2.75) is 12.2 Å². The molecular formula is C13H9BrF3NO3. The molecule has 0 aliphatic heterocycles. The van der Waals surface area contributed by atoms with Crippen molar-refractivity contribution in [1.29, 1.82) is 0 Å². The number of rotatable bonds is 2. The molecule has 2 aromatic rings. The minimum absolute atomic E-state index is 0.0468. The van der Waals surface area contributed by atoms with Gasteiger partial charge in [-0.15, -0.1) is 0 Å². The zero-order valence-corrected chi connectivity index (χ0v) is 11.9. The number of carbonyl (C=O) groups is 1. The largest absolute Gasteiger partial charge is 0.507 e. The van der Waals surface area contributed by atoms with Crippen LogP contribution in [0.1, 0.15) is 22.0 Å². The van der Waals surface area contributed by atoms with E-state index in [1.165, 1.54) is 18.2 Å². The molecule has 1 atom stereocenters. The van der Waals surface area contributed by atoms with E-state index in [-0.39, 0.29) is 10.8 Å². The van der Waals surface area contributed by atoms with Gasteiger partial charge in [-0.3, -0.25) is 0 Å². The highest BCUT2D eigenvalue weighted by Gasteiger charge is 2.41. The van der Waals surface area contributed by atoms with Crippen molar-refractivity contribution < 1.29 is 28.2 Å². The summed E-state index contributed by atoms with van der Waals surface area (Å²) in [5.74, 6) is -2.51. The molecule has 0 bridgehead atoms. The number of carboxylic acid groups (broad SMARTS) is 1. The first-order chi connectivity index (χ1) is 9.62. The van der Waals surface area contributed by atoms with Gasteiger partial charge in [-0.05, 0) is 29.0 Å². The van der Waals surface area contributed by atoms with Gasteiger partial charge in [-0.25, -0.2) is 4.79 Å². The molecule has 4 nitrogen and oxygen atoms in total. The molecule has 0 amide bonds. The van der Waals surface area contributed by atoms with Gasteiger partial charge in [0.1, 0.15) is 17.4 Å². The van der Waals surface area contributed by atoms with E-state index in [1.807, 2.05) is 0 Å². The number of fused-ring (bicyclic) bond motifs is 1. The smallest absolute Gasteiger partial charge is 0.407 e. The number of halogens is 4. The molecule has 0 unspecified atom stereocenters. The van der Waals surface area contributed by atoms with Crippen molar-refractivity contribution in [3.05, 3.63) is 39.9 Å². The molecule has 0 radical (unpaired) electrons. The van der Waals surface area contributed by atoms with Crippen LogP contribution in [0.2, 0.25) is 0 Å². The molecule has 0 fully saturated rings. The molecule has 2 rings (SSSR count). The lowest BCUT2D eigenvalue weighted by Crippen LogP contribution is -2.29. The summed E-state index contributed by atoms with van der Waals surface area (Å²) < 4.78 is 39.1. The van der Waals surface area contributed by atoms with Crippen LogP contribution in [0.3, 0.4) is 0 Å². The molecule has 21 heavy (non-hydrogen) atoms. The quantitative estimate of drug-likeness (QED) is 0.761. The highest BCUT2D eigenvalue weighted by Crippen LogP contribution is 2.41. The van der Waals surface area contributed by atoms with Crippen LogP contribution >= 0.6 is 15.9 Å². The first-order valence-corrected chi connectivity index (χ1v) is 6.43. The molecule has 4 N–H and O–H groups in total. The third kappa shape index (κ3) is 2.81. The fraction of sp³-hybridized carbons (Fsp3) is 0.154. The SMILES string of the molecule is N[C@H](c1c(O)c(C(=O)O)cc2cc(Br)ccc12)C(F)(F)F. The topological polar surface area (TPSA) is 83.5 Å². The maximum atomic E-state index is 12.9. The average molecular weight is 364 g/mol. The van der Waals surface area contributed by atoms with Gasteiger partial charge in [0.15, 0.2) is 0 Å². The summed E-state index contributed by atoms with van der Waals surface area (Å²) in [6.45, 7) is 0. The predicted molar refractivity (Wildman–Crippen MR) is 73.3 cm³/mol. The second-order valence-corrected chi connectivity index (χ2v) is 5.29. The third-order valence-corrected chi connectivity index (χ3v) is 3.50. The van der Waals surface area contributed by atoms with Gasteiger partial charge < -0.3 is 15.9 Å². The van der Waals surface area contributed by atoms with Crippen molar-refractivity contribution >= 4 is 32.7 Å². The predicted octanol–water partition coefficient (Wildman–Crippen LogP) is 3.57. The summed E-state index contributed by atoms with van der Waals surface area (Å²) in [4.78, 5) is 11.1. The number of nitrogens with two attached hydrogens (primary N) is 1. The molecule has 0 saturated carbocycles. The average Bonchev–Trinajstić information content (AvgIpc) is 2.36. The Morgan fingerprint density at radius 1 is 1.29 bits per heavy atom. The van der Waals surface area contributed by atoms with Crippen molar-refractivity contribution in [2.75, 3.05) is 0 Å². The van der Waals surface area contributed by atoms with Crippen LogP contribution in [-0.4, -0.2) is 22.4 Å². The van der Waals surface area contributed by atoms with Crippen molar-refractivity contribution in [2.24, 2.45) is 5.73 Å². The van der Waals surface area contributed by atoms with E-state index < -0.39 is 35.1 Å². The van der Waals surface area contributed by atoms with Gasteiger partial charge in [0.25, 0.3) is 0 Å². The Hall–Kier alpha value is -1.80. The van der Waals surface area contributed by atoms with Crippen LogP contribution in [0.25, 0.3) is 10.8 Å². The number of benzene rings is 2. The zero-order valence-electron chi connectivity index (χ0n) is 10.3. The molecule has 2 aromatic carbocycles. The second kappa shape index (κ2) is 5.19. The van der Waals surface area contributed by atoms with Gasteiger partial charge >= 0.3 is 12.1 Å². The maximum absolute atomic E-state index is 12.9. The summed E-state index contributed by atoms with van der Waals surface area (Å²) in [7, 11) is 0. The number of hydrogen-bond donors (Lipinski definition) is 3. The van der Waals surface area contributed by atoms with Crippen LogP contribution in [0.15, 0.2) is 28.7 Å². The lowest BCUT2D eigenvalue weighted by atomic mass is 9.94. The van der Waals surface area contributed by atoms with E-state index in [0.717, 1.165) is 6.07 Å². The molecule has 0 aliphatic rings. The van der Waals surface area contributed by atoms with E-state index in [2.05, 4.69) is 15.9 Å². The van der Waals surface area contributed by atoms with E-state index >= 15 is 0 Å². The number of phenols is 1. The van der Waals surface area contributed by atoms with Gasteiger partial charge in [0, 0.05) is 10.0 Å². The summed E-state index contributed by atoms with van der Waals surface area (Å²) >= 11 is 3.15. The second-order valence-electron chi connectivity index (χ2n) is 4.38. The molecule has 0 aliphatic carbocycles. The van der Waals surface area contributed by atoms with Gasteiger partial charge in [0.2, 0.25) is 0 Å². The lowest BCUT2D eigenvalue weighted by Gasteiger charge is -2.20. The Morgan fingerprint density at radius 3 is 2.43 bits per heavy atom. The van der Waals surface area contributed by atoms with Gasteiger partial charge in [-0.1, -0.05) is 22.0 Å². The molecule has 112 valence electrons. The third-order valence-electron chi connectivity index (χ3n) is 3.01. The Bertz CT molecular complexity index is 731. The minimum Gasteiger partial charge on any atom is -0.507 e. The van der Waals surface area contributed by atoms with Gasteiger partial charge in [0.05, 0.1) is 0 Å². The van der Waals surface area contributed by atoms with Crippen molar-refractivity contribution in [3.8, 4) is 5.75 Å². The fourth-order valence-corrected chi connectivity index (χ4v) is 2.42. The number of aromatic carboxylic acids is 1. The molecule has 8 heteroatoms. The molecular weight excluding hydrogens is 355 g/mol. The number of aromatic hydroxyl groups is 1. The monoisotopic (exact) mass is 363 g/mol. The molecule has 0 saturated heterocycles. The maximum Gasteiger partial charge on any atom is 0.407 e. The van der Waals surface area contributed by atoms with Crippen LogP contribution < -0.4 is 5.73 Å². The van der Waals surface area contributed by atoms with E-state index in [9.17, 15) is 23.1 Å². The molecule has 0 aromatic heterocycles. The normalized spacial score (nSPS) is 13.4. The first-order valence-electron chi connectivity index (χ1n) is 5.63. The summed E-state index contributed by atoms with van der Waals surface area (Å²) in [6, 6.07) is 2.89. The van der Waals surface area contributed by atoms with Crippen LogP contribution in [0.5, 0.6) is 5.75 Å². The molecule has 0 spiro atoms. The molecule has 0 heterocycles. The number of hydrogen-bond acceptors (Lipinski definition) is 3. The van der Waals surface area contributed by atoms with E-state index in [4.69, 9.17) is 10.8 Å². The fourth-order valence-electron chi connectivity index (χ4n) is 2.04. The van der Waals surface area contributed by atoms with Crippen LogP contribution in [0.4, 0.5) is 13.2 Å². The van der Waals surface area contributed by atoms with Crippen molar-refractivity contribution in [1.82, 2.24) is 0 Å². The summed E-state index contributed by atoms with van der Waals surface area (Å²) in [5.41, 5.74) is 3.88. The van der Waals surface area contributed by atoms with Crippen LogP contribution in [-0.2, 0) is 0 Å². The standard InChI is InChI=1S/C13H9BrF3NO3/c14-6-1-2-7-5(3-6)4-8(12(20)21)10(19)9(7)11(18)13(15,16)17/h1-4,11,19H,18H2,(H,20,21)/t11-/m1/s1. The summed E-state index contributed by atoms with van der Waals surface area (Å²) in [5, 5.41) is 19.2. The zero-order chi connectivity index (χ0) is 15.9. The Balaban J connectivity index is 2.89.